The summed E-state index contributed by atoms with van der Waals surface area (Å²) in [6.45, 7) is 0. The molecule has 3 amide bonds. The molecule has 0 aliphatic heterocycles. The van der Waals surface area contributed by atoms with Crippen LogP contribution in [0.5, 0.6) is 0 Å². The zero-order valence-electron chi connectivity index (χ0n) is 19.6. The number of halogens is 3. The summed E-state index contributed by atoms with van der Waals surface area (Å²) in [6, 6.07) is 19.1. The Labute approximate surface area is 231 Å². The highest BCUT2D eigenvalue weighted by Gasteiger charge is 2.56. The highest BCUT2D eigenvalue weighted by molar-refractivity contribution is 7.18. The number of carbonyl (C=O) groups is 3. The van der Waals surface area contributed by atoms with Crippen molar-refractivity contribution in [1.29, 1.82) is 0 Å². The minimum atomic E-state index is -1.27. The fourth-order valence-electron chi connectivity index (χ4n) is 3.76. The Kier molecular flexibility index (Phi) is 7.16. The minimum Gasteiger partial charge on any atom is -0.325 e. The molecule has 1 aliphatic carbocycles. The van der Waals surface area contributed by atoms with Crippen LogP contribution in [0.15, 0.2) is 72.8 Å². The van der Waals surface area contributed by atoms with E-state index in [0.717, 1.165) is 11.3 Å². The molecule has 3 aromatic carbocycles. The second-order valence-electron chi connectivity index (χ2n) is 8.64. The van der Waals surface area contributed by atoms with Crippen molar-refractivity contribution in [3.05, 3.63) is 93.5 Å². The number of hydrogen-bond acceptors (Lipinski definition) is 5. The molecule has 0 bridgehead atoms. The Morgan fingerprint density at radius 1 is 0.816 bits per heavy atom. The molecule has 1 aliphatic rings. The third kappa shape index (κ3) is 5.40. The van der Waals surface area contributed by atoms with Gasteiger partial charge in [0.25, 0.3) is 5.91 Å². The van der Waals surface area contributed by atoms with Gasteiger partial charge >= 0.3 is 0 Å². The number of hydrogen-bond donors (Lipinski definition) is 3. The van der Waals surface area contributed by atoms with Gasteiger partial charge in [-0.2, -0.15) is 0 Å². The van der Waals surface area contributed by atoms with Gasteiger partial charge in [-0.15, -0.1) is 0 Å². The van der Waals surface area contributed by atoms with Crippen molar-refractivity contribution in [2.24, 2.45) is 5.41 Å². The summed E-state index contributed by atoms with van der Waals surface area (Å²) >= 11 is 13.0. The standard InChI is InChI=1S/C27H19Cl2FN4O3S/c28-19-11-10-18(14-20(19)29)31-23(35)22-21(15-4-2-1-3-5-15)33-26(38-22)34-25(37)27(12-13-27)24(36)32-17-8-6-16(30)7-9-17/h1-11,14H,12-13H2,(H,31,35)(H,32,36)(H,33,34,37). The number of nitrogens with zero attached hydrogens (tertiary/aromatic N) is 1. The molecular formula is C27H19Cl2FN4O3S. The third-order valence-electron chi connectivity index (χ3n) is 6.00. The highest BCUT2D eigenvalue weighted by atomic mass is 35.5. The van der Waals surface area contributed by atoms with E-state index in [4.69, 9.17) is 23.2 Å². The highest BCUT2D eigenvalue weighted by Crippen LogP contribution is 2.48. The van der Waals surface area contributed by atoms with Crippen molar-refractivity contribution in [1.82, 2.24) is 4.98 Å². The van der Waals surface area contributed by atoms with Gasteiger partial charge < -0.3 is 16.0 Å². The summed E-state index contributed by atoms with van der Waals surface area (Å²) in [5.74, 6) is -1.89. The predicted molar refractivity (Wildman–Crippen MR) is 147 cm³/mol. The largest absolute Gasteiger partial charge is 0.325 e. The molecule has 1 aromatic heterocycles. The minimum absolute atomic E-state index is 0.175. The van der Waals surface area contributed by atoms with Crippen molar-refractivity contribution in [2.45, 2.75) is 12.8 Å². The van der Waals surface area contributed by atoms with Crippen LogP contribution in [0, 0.1) is 11.2 Å². The summed E-state index contributed by atoms with van der Waals surface area (Å²) in [7, 11) is 0. The molecular weight excluding hydrogens is 550 g/mol. The van der Waals surface area contributed by atoms with E-state index in [1.807, 2.05) is 18.2 Å². The lowest BCUT2D eigenvalue weighted by Gasteiger charge is -2.14. The Bertz CT molecular complexity index is 1540. The third-order valence-corrected chi connectivity index (χ3v) is 7.71. The van der Waals surface area contributed by atoms with Gasteiger partial charge in [-0.05, 0) is 55.3 Å². The molecule has 192 valence electrons. The van der Waals surface area contributed by atoms with Crippen molar-refractivity contribution < 1.29 is 18.8 Å². The maximum atomic E-state index is 13.2. The average Bonchev–Trinajstić information content (AvgIpc) is 3.62. The summed E-state index contributed by atoms with van der Waals surface area (Å²) in [4.78, 5) is 44.1. The molecule has 3 N–H and O–H groups in total. The van der Waals surface area contributed by atoms with Gasteiger partial charge in [-0.3, -0.25) is 14.4 Å². The van der Waals surface area contributed by atoms with E-state index in [-0.39, 0.29) is 10.0 Å². The van der Waals surface area contributed by atoms with Gasteiger partial charge in [-0.25, -0.2) is 9.37 Å². The molecule has 1 fully saturated rings. The summed E-state index contributed by atoms with van der Waals surface area (Å²) in [5, 5.41) is 8.98. The molecule has 11 heteroatoms. The second-order valence-corrected chi connectivity index (χ2v) is 10.5. The number of anilines is 3. The molecule has 0 saturated heterocycles. The van der Waals surface area contributed by atoms with Crippen LogP contribution in [0.25, 0.3) is 11.3 Å². The fourth-order valence-corrected chi connectivity index (χ4v) is 4.94. The Morgan fingerprint density at radius 3 is 2.13 bits per heavy atom. The molecule has 0 atom stereocenters. The SMILES string of the molecule is O=C(Nc1ccc(Cl)c(Cl)c1)c1sc(NC(=O)C2(C(=O)Nc3ccc(F)cc3)CC2)nc1-c1ccccc1. The molecule has 1 heterocycles. The summed E-state index contributed by atoms with van der Waals surface area (Å²) in [5.41, 5.74) is 0.618. The van der Waals surface area contributed by atoms with E-state index in [1.54, 1.807) is 24.3 Å². The van der Waals surface area contributed by atoms with Crippen molar-refractivity contribution in [2.75, 3.05) is 16.0 Å². The lowest BCUT2D eigenvalue weighted by Crippen LogP contribution is -2.35. The first-order valence-corrected chi connectivity index (χ1v) is 13.0. The Balaban J connectivity index is 1.38. The molecule has 0 radical (unpaired) electrons. The molecule has 4 aromatic rings. The first-order chi connectivity index (χ1) is 18.2. The number of amides is 3. The maximum Gasteiger partial charge on any atom is 0.268 e. The van der Waals surface area contributed by atoms with Crippen molar-refractivity contribution >= 4 is 68.8 Å². The zero-order chi connectivity index (χ0) is 26.9. The predicted octanol–water partition coefficient (Wildman–Crippen LogP) is 6.87. The van der Waals surface area contributed by atoms with Crippen molar-refractivity contribution in [3.8, 4) is 11.3 Å². The van der Waals surface area contributed by atoms with Gasteiger partial charge in [0, 0.05) is 16.9 Å². The molecule has 0 unspecified atom stereocenters. The van der Waals surface area contributed by atoms with Crippen LogP contribution in [-0.4, -0.2) is 22.7 Å². The molecule has 0 spiro atoms. The zero-order valence-corrected chi connectivity index (χ0v) is 21.9. The first kappa shape index (κ1) is 25.8. The van der Waals surface area contributed by atoms with E-state index in [0.29, 0.717) is 45.5 Å². The number of nitrogens with one attached hydrogen (secondary N) is 3. The molecule has 5 rings (SSSR count). The monoisotopic (exact) mass is 568 g/mol. The smallest absolute Gasteiger partial charge is 0.268 e. The van der Waals surface area contributed by atoms with Crippen LogP contribution in [0.1, 0.15) is 22.5 Å². The fraction of sp³-hybridized carbons (Fsp3) is 0.111. The summed E-state index contributed by atoms with van der Waals surface area (Å²) in [6.07, 6.45) is 0.709. The van der Waals surface area contributed by atoms with Crippen LogP contribution in [0.2, 0.25) is 10.0 Å². The second kappa shape index (κ2) is 10.5. The van der Waals surface area contributed by atoms with Crippen molar-refractivity contribution in [3.63, 3.8) is 0 Å². The van der Waals surface area contributed by atoms with Crippen LogP contribution >= 0.6 is 34.5 Å². The number of benzene rings is 3. The molecule has 7 nitrogen and oxygen atoms in total. The van der Waals surface area contributed by atoms with Gasteiger partial charge in [0.05, 0.1) is 15.7 Å². The van der Waals surface area contributed by atoms with Crippen LogP contribution < -0.4 is 16.0 Å². The van der Waals surface area contributed by atoms with E-state index >= 15 is 0 Å². The number of aromatic nitrogens is 1. The van der Waals surface area contributed by atoms with E-state index in [2.05, 4.69) is 20.9 Å². The van der Waals surface area contributed by atoms with E-state index < -0.39 is 29.0 Å². The Morgan fingerprint density at radius 2 is 1.47 bits per heavy atom. The number of carbonyl (C=O) groups excluding carboxylic acids is 3. The average molecular weight is 569 g/mol. The van der Waals surface area contributed by atoms with Gasteiger partial charge in [-0.1, -0.05) is 64.9 Å². The van der Waals surface area contributed by atoms with Crippen LogP contribution in [-0.2, 0) is 9.59 Å². The van der Waals surface area contributed by atoms with Gasteiger partial charge in [0.1, 0.15) is 16.1 Å². The van der Waals surface area contributed by atoms with E-state index in [9.17, 15) is 18.8 Å². The van der Waals surface area contributed by atoms with Crippen LogP contribution in [0.3, 0.4) is 0 Å². The van der Waals surface area contributed by atoms with E-state index in [1.165, 1.54) is 30.3 Å². The summed E-state index contributed by atoms with van der Waals surface area (Å²) < 4.78 is 13.2. The van der Waals surface area contributed by atoms with Crippen LogP contribution in [0.4, 0.5) is 20.9 Å². The number of thiazole rings is 1. The quantitative estimate of drug-likeness (QED) is 0.212. The Hall–Kier alpha value is -3.79. The topological polar surface area (TPSA) is 100 Å². The molecule has 38 heavy (non-hydrogen) atoms. The molecule has 1 saturated carbocycles. The maximum absolute atomic E-state index is 13.2. The lowest BCUT2D eigenvalue weighted by molar-refractivity contribution is -0.131. The first-order valence-electron chi connectivity index (χ1n) is 11.5. The van der Waals surface area contributed by atoms with Gasteiger partial charge in [0.2, 0.25) is 11.8 Å². The number of rotatable bonds is 7. The van der Waals surface area contributed by atoms with Gasteiger partial charge in [0.15, 0.2) is 5.13 Å². The normalized spacial score (nSPS) is 13.4. The lowest BCUT2D eigenvalue weighted by atomic mass is 10.1.